The number of amides is 1. The van der Waals surface area contributed by atoms with Crippen molar-refractivity contribution in [2.24, 2.45) is 0 Å². The number of unbranched alkanes of at least 4 members (excludes halogenated alkanes) is 1. The van der Waals surface area contributed by atoms with Crippen molar-refractivity contribution < 1.29 is 9.53 Å². The number of rotatable bonds is 4. The molecule has 1 heterocycles. The van der Waals surface area contributed by atoms with E-state index >= 15 is 0 Å². The Hall–Kier alpha value is -0.570. The van der Waals surface area contributed by atoms with Crippen molar-refractivity contribution in [2.45, 2.75) is 45.3 Å². The predicted octanol–water partition coefficient (Wildman–Crippen LogP) is 1.43. The van der Waals surface area contributed by atoms with Crippen LogP contribution in [-0.2, 0) is 9.53 Å². The molecule has 70 valence electrons. The predicted molar refractivity (Wildman–Crippen MR) is 46.6 cm³/mol. The van der Waals surface area contributed by atoms with E-state index in [2.05, 4.69) is 12.2 Å². The Kier molecular flexibility index (Phi) is 4.08. The first-order valence-corrected chi connectivity index (χ1v) is 4.74. The highest BCUT2D eigenvalue weighted by Gasteiger charge is 2.16. The van der Waals surface area contributed by atoms with Crippen molar-refractivity contribution in [2.75, 3.05) is 6.61 Å². The summed E-state index contributed by atoms with van der Waals surface area (Å²) in [5.74, 6) is 0.128. The average molecular weight is 171 g/mol. The van der Waals surface area contributed by atoms with Crippen LogP contribution >= 0.6 is 0 Å². The molecule has 0 aromatic heterocycles. The Balaban J connectivity index is 2.08. The zero-order valence-corrected chi connectivity index (χ0v) is 7.64. The molecule has 1 fully saturated rings. The van der Waals surface area contributed by atoms with E-state index in [0.29, 0.717) is 6.42 Å². The third kappa shape index (κ3) is 3.22. The van der Waals surface area contributed by atoms with Gasteiger partial charge in [-0.3, -0.25) is 4.79 Å². The summed E-state index contributed by atoms with van der Waals surface area (Å²) in [7, 11) is 0. The van der Waals surface area contributed by atoms with E-state index in [1.54, 1.807) is 0 Å². The molecule has 0 saturated carbocycles. The minimum atomic E-state index is -0.00523. The summed E-state index contributed by atoms with van der Waals surface area (Å²) in [6, 6.07) is 0. The molecule has 0 radical (unpaired) electrons. The fourth-order valence-corrected chi connectivity index (χ4v) is 1.28. The van der Waals surface area contributed by atoms with Gasteiger partial charge in [0.05, 0.1) is 0 Å². The summed E-state index contributed by atoms with van der Waals surface area (Å²) in [6.07, 6.45) is 4.71. The molecule has 0 spiro atoms. The molecule has 1 aliphatic heterocycles. The second-order valence-electron chi connectivity index (χ2n) is 3.17. The minimum absolute atomic E-state index is 0.00523. The van der Waals surface area contributed by atoms with E-state index in [1.807, 2.05) is 0 Å². The van der Waals surface area contributed by atoms with E-state index in [9.17, 15) is 4.79 Å². The zero-order chi connectivity index (χ0) is 8.81. The lowest BCUT2D eigenvalue weighted by Crippen LogP contribution is -2.33. The van der Waals surface area contributed by atoms with Gasteiger partial charge in [0.25, 0.3) is 0 Å². The van der Waals surface area contributed by atoms with Crippen LogP contribution in [0.2, 0.25) is 0 Å². The van der Waals surface area contributed by atoms with Crippen molar-refractivity contribution >= 4 is 5.91 Å². The van der Waals surface area contributed by atoms with Crippen LogP contribution in [0, 0.1) is 0 Å². The van der Waals surface area contributed by atoms with Crippen LogP contribution in [0.5, 0.6) is 0 Å². The fraction of sp³-hybridized carbons (Fsp3) is 0.889. The van der Waals surface area contributed by atoms with Gasteiger partial charge >= 0.3 is 0 Å². The van der Waals surface area contributed by atoms with Crippen molar-refractivity contribution in [3.05, 3.63) is 0 Å². The number of nitrogens with one attached hydrogen (secondary N) is 1. The molecule has 12 heavy (non-hydrogen) atoms. The Morgan fingerprint density at radius 3 is 3.08 bits per heavy atom. The first-order chi connectivity index (χ1) is 5.83. The summed E-state index contributed by atoms with van der Waals surface area (Å²) >= 11 is 0. The molecule has 1 unspecified atom stereocenters. The van der Waals surface area contributed by atoms with Crippen LogP contribution in [0.25, 0.3) is 0 Å². The highest BCUT2D eigenvalue weighted by atomic mass is 16.5. The summed E-state index contributed by atoms with van der Waals surface area (Å²) < 4.78 is 5.27. The molecule has 1 N–H and O–H groups in total. The Morgan fingerprint density at radius 2 is 2.50 bits per heavy atom. The number of hydrogen-bond acceptors (Lipinski definition) is 2. The van der Waals surface area contributed by atoms with Crippen molar-refractivity contribution in [3.8, 4) is 0 Å². The SMILES string of the molecule is CCCCC(=O)NC1CCCO1. The van der Waals surface area contributed by atoms with E-state index in [4.69, 9.17) is 4.74 Å². The van der Waals surface area contributed by atoms with Crippen LogP contribution in [0.4, 0.5) is 0 Å². The maximum absolute atomic E-state index is 11.2. The van der Waals surface area contributed by atoms with Gasteiger partial charge < -0.3 is 10.1 Å². The third-order valence-electron chi connectivity index (χ3n) is 2.01. The van der Waals surface area contributed by atoms with Gasteiger partial charge in [0.2, 0.25) is 5.91 Å². The van der Waals surface area contributed by atoms with E-state index in [-0.39, 0.29) is 12.1 Å². The minimum Gasteiger partial charge on any atom is -0.359 e. The lowest BCUT2D eigenvalue weighted by Gasteiger charge is -2.10. The normalized spacial score (nSPS) is 22.6. The van der Waals surface area contributed by atoms with Crippen LogP contribution < -0.4 is 5.32 Å². The van der Waals surface area contributed by atoms with Gasteiger partial charge in [-0.25, -0.2) is 0 Å². The highest BCUT2D eigenvalue weighted by molar-refractivity contribution is 5.75. The van der Waals surface area contributed by atoms with E-state index in [1.165, 1.54) is 0 Å². The third-order valence-corrected chi connectivity index (χ3v) is 2.01. The Bertz CT molecular complexity index is 141. The topological polar surface area (TPSA) is 38.3 Å². The maximum Gasteiger partial charge on any atom is 0.221 e. The molecule has 0 aromatic carbocycles. The molecule has 0 aromatic rings. The summed E-state index contributed by atoms with van der Waals surface area (Å²) in [6.45, 7) is 2.87. The van der Waals surface area contributed by atoms with Crippen LogP contribution in [0.3, 0.4) is 0 Å². The van der Waals surface area contributed by atoms with Gasteiger partial charge in [-0.2, -0.15) is 0 Å². The van der Waals surface area contributed by atoms with Crippen LogP contribution in [-0.4, -0.2) is 18.7 Å². The molecule has 0 aliphatic carbocycles. The van der Waals surface area contributed by atoms with Crippen LogP contribution in [0.1, 0.15) is 39.0 Å². The smallest absolute Gasteiger partial charge is 0.221 e. The van der Waals surface area contributed by atoms with Gasteiger partial charge in [-0.1, -0.05) is 13.3 Å². The fourth-order valence-electron chi connectivity index (χ4n) is 1.28. The molecular formula is C9H17NO2. The Labute approximate surface area is 73.5 Å². The molecule has 1 rings (SSSR count). The largest absolute Gasteiger partial charge is 0.359 e. The molecule has 1 amide bonds. The molecule has 3 nitrogen and oxygen atoms in total. The van der Waals surface area contributed by atoms with Gasteiger partial charge in [0.1, 0.15) is 6.23 Å². The molecule has 1 aliphatic rings. The van der Waals surface area contributed by atoms with Crippen molar-refractivity contribution in [1.82, 2.24) is 5.32 Å². The number of hydrogen-bond donors (Lipinski definition) is 1. The molecule has 1 saturated heterocycles. The standard InChI is InChI=1S/C9H17NO2/c1-2-3-5-8(11)10-9-6-4-7-12-9/h9H,2-7H2,1H3,(H,10,11). The van der Waals surface area contributed by atoms with Crippen LogP contribution in [0.15, 0.2) is 0 Å². The molecule has 1 atom stereocenters. The highest BCUT2D eigenvalue weighted by Crippen LogP contribution is 2.09. The monoisotopic (exact) mass is 171 g/mol. The molecule has 0 bridgehead atoms. The first kappa shape index (κ1) is 9.52. The summed E-state index contributed by atoms with van der Waals surface area (Å²) in [5, 5.41) is 2.85. The quantitative estimate of drug-likeness (QED) is 0.695. The van der Waals surface area contributed by atoms with E-state index in [0.717, 1.165) is 32.3 Å². The second-order valence-corrected chi connectivity index (χ2v) is 3.17. The van der Waals surface area contributed by atoms with Crippen molar-refractivity contribution in [1.29, 1.82) is 0 Å². The second kappa shape index (κ2) is 5.14. The summed E-state index contributed by atoms with van der Waals surface area (Å²) in [4.78, 5) is 11.2. The van der Waals surface area contributed by atoms with Crippen molar-refractivity contribution in [3.63, 3.8) is 0 Å². The maximum atomic E-state index is 11.2. The first-order valence-electron chi connectivity index (χ1n) is 4.74. The van der Waals surface area contributed by atoms with Gasteiger partial charge in [0, 0.05) is 13.0 Å². The number of carbonyl (C=O) groups excluding carboxylic acids is 1. The summed E-state index contributed by atoms with van der Waals surface area (Å²) in [5.41, 5.74) is 0. The number of carbonyl (C=O) groups is 1. The Morgan fingerprint density at radius 1 is 1.67 bits per heavy atom. The van der Waals surface area contributed by atoms with Gasteiger partial charge in [0.15, 0.2) is 0 Å². The van der Waals surface area contributed by atoms with Gasteiger partial charge in [-0.15, -0.1) is 0 Å². The zero-order valence-electron chi connectivity index (χ0n) is 7.64. The van der Waals surface area contributed by atoms with E-state index < -0.39 is 0 Å². The van der Waals surface area contributed by atoms with Gasteiger partial charge in [-0.05, 0) is 19.3 Å². The number of ether oxygens (including phenoxy) is 1. The average Bonchev–Trinajstić information content (AvgIpc) is 2.53. The molecular weight excluding hydrogens is 154 g/mol. The lowest BCUT2D eigenvalue weighted by molar-refractivity contribution is -0.124. The molecule has 3 heteroatoms. The lowest BCUT2D eigenvalue weighted by atomic mass is 10.2.